The zero-order valence-corrected chi connectivity index (χ0v) is 8.80. The third-order valence-electron chi connectivity index (χ3n) is 2.12. The van der Waals surface area contributed by atoms with Gasteiger partial charge >= 0.3 is 0 Å². The summed E-state index contributed by atoms with van der Waals surface area (Å²) >= 11 is 1.82. The molecule has 2 aromatic rings. The number of thioether (sulfide) groups is 1. The summed E-state index contributed by atoms with van der Waals surface area (Å²) in [5.41, 5.74) is 1.83. The van der Waals surface area contributed by atoms with Gasteiger partial charge in [0.1, 0.15) is 11.3 Å². The average Bonchev–Trinajstić information content (AvgIpc) is 2.59. The van der Waals surface area contributed by atoms with Crippen molar-refractivity contribution >= 4 is 22.7 Å². The third kappa shape index (κ3) is 1.60. The van der Waals surface area contributed by atoms with E-state index in [0.29, 0.717) is 5.75 Å². The standard InChI is InChI=1S/C11H12O2S/c1-2-14-7-8-6-13-10-5-3-4-9(12)11(8)10/h3-6,12H,2,7H2,1H3. The minimum absolute atomic E-state index is 0.308. The number of furan rings is 1. The summed E-state index contributed by atoms with van der Waals surface area (Å²) in [4.78, 5) is 0. The molecule has 1 N–H and O–H groups in total. The predicted molar refractivity (Wildman–Crippen MR) is 59.7 cm³/mol. The van der Waals surface area contributed by atoms with Gasteiger partial charge in [0.25, 0.3) is 0 Å². The van der Waals surface area contributed by atoms with E-state index >= 15 is 0 Å². The van der Waals surface area contributed by atoms with E-state index in [4.69, 9.17) is 4.42 Å². The Morgan fingerprint density at radius 3 is 3.07 bits per heavy atom. The van der Waals surface area contributed by atoms with Gasteiger partial charge in [-0.2, -0.15) is 11.8 Å². The molecule has 0 unspecified atom stereocenters. The molecule has 0 fully saturated rings. The normalized spacial score (nSPS) is 10.9. The Morgan fingerprint density at radius 1 is 1.43 bits per heavy atom. The molecule has 0 aliphatic heterocycles. The minimum atomic E-state index is 0.308. The third-order valence-corrected chi connectivity index (χ3v) is 3.04. The zero-order valence-electron chi connectivity index (χ0n) is 7.99. The largest absolute Gasteiger partial charge is 0.507 e. The molecule has 2 rings (SSSR count). The highest BCUT2D eigenvalue weighted by Gasteiger charge is 2.08. The molecule has 74 valence electrons. The molecule has 0 atom stereocenters. The van der Waals surface area contributed by atoms with E-state index in [2.05, 4.69) is 6.92 Å². The maximum absolute atomic E-state index is 9.67. The van der Waals surface area contributed by atoms with Crippen LogP contribution in [-0.4, -0.2) is 10.9 Å². The lowest BCUT2D eigenvalue weighted by Crippen LogP contribution is -1.78. The number of phenolic OH excluding ortho intramolecular Hbond substituents is 1. The van der Waals surface area contributed by atoms with Crippen LogP contribution in [0.2, 0.25) is 0 Å². The van der Waals surface area contributed by atoms with E-state index in [1.165, 1.54) is 0 Å². The second-order valence-electron chi connectivity index (χ2n) is 3.05. The maximum atomic E-state index is 9.67. The molecule has 3 heteroatoms. The molecule has 1 heterocycles. The molecule has 0 aliphatic rings. The Morgan fingerprint density at radius 2 is 2.29 bits per heavy atom. The van der Waals surface area contributed by atoms with Gasteiger partial charge in [-0.1, -0.05) is 13.0 Å². The summed E-state index contributed by atoms with van der Waals surface area (Å²) in [5.74, 6) is 2.27. The summed E-state index contributed by atoms with van der Waals surface area (Å²) in [6.45, 7) is 2.12. The second kappa shape index (κ2) is 3.96. The number of benzene rings is 1. The van der Waals surface area contributed by atoms with Gasteiger partial charge in [0.05, 0.1) is 11.6 Å². The molecule has 1 aromatic heterocycles. The molecule has 0 spiro atoms. The Labute approximate surface area is 86.9 Å². The van der Waals surface area contributed by atoms with Crippen molar-refractivity contribution in [3.8, 4) is 5.75 Å². The highest BCUT2D eigenvalue weighted by atomic mass is 32.2. The lowest BCUT2D eigenvalue weighted by atomic mass is 10.2. The van der Waals surface area contributed by atoms with Crippen molar-refractivity contribution in [2.24, 2.45) is 0 Å². The minimum Gasteiger partial charge on any atom is -0.507 e. The number of fused-ring (bicyclic) bond motifs is 1. The van der Waals surface area contributed by atoms with Gasteiger partial charge in [-0.15, -0.1) is 0 Å². The summed E-state index contributed by atoms with van der Waals surface area (Å²) in [6, 6.07) is 5.35. The lowest BCUT2D eigenvalue weighted by molar-refractivity contribution is 0.481. The van der Waals surface area contributed by atoms with Crippen molar-refractivity contribution in [2.75, 3.05) is 5.75 Å². The smallest absolute Gasteiger partial charge is 0.137 e. The molecule has 0 saturated carbocycles. The van der Waals surface area contributed by atoms with Crippen molar-refractivity contribution in [3.05, 3.63) is 30.0 Å². The lowest BCUT2D eigenvalue weighted by Gasteiger charge is -1.97. The summed E-state index contributed by atoms with van der Waals surface area (Å²) < 4.78 is 5.35. The van der Waals surface area contributed by atoms with E-state index in [1.54, 1.807) is 18.4 Å². The van der Waals surface area contributed by atoms with Crippen molar-refractivity contribution < 1.29 is 9.52 Å². The number of phenols is 1. The predicted octanol–water partition coefficient (Wildman–Crippen LogP) is 3.39. The fraction of sp³-hybridized carbons (Fsp3) is 0.273. The summed E-state index contributed by atoms with van der Waals surface area (Å²) in [6.07, 6.45) is 1.73. The molecular formula is C11H12O2S. The van der Waals surface area contributed by atoms with Gasteiger partial charge in [-0.3, -0.25) is 0 Å². The molecule has 0 amide bonds. The van der Waals surface area contributed by atoms with E-state index < -0.39 is 0 Å². The Balaban J connectivity index is 2.45. The van der Waals surface area contributed by atoms with Crippen molar-refractivity contribution in [1.29, 1.82) is 0 Å². The second-order valence-corrected chi connectivity index (χ2v) is 4.32. The van der Waals surface area contributed by atoms with E-state index in [9.17, 15) is 5.11 Å². The first-order valence-electron chi connectivity index (χ1n) is 4.58. The number of aromatic hydroxyl groups is 1. The highest BCUT2D eigenvalue weighted by molar-refractivity contribution is 7.98. The van der Waals surface area contributed by atoms with E-state index in [1.807, 2.05) is 17.8 Å². The van der Waals surface area contributed by atoms with Crippen LogP contribution in [0.5, 0.6) is 5.75 Å². The van der Waals surface area contributed by atoms with E-state index in [0.717, 1.165) is 28.0 Å². The monoisotopic (exact) mass is 208 g/mol. The summed E-state index contributed by atoms with van der Waals surface area (Å²) in [7, 11) is 0. The zero-order chi connectivity index (χ0) is 9.97. The number of rotatable bonds is 3. The molecule has 0 bridgehead atoms. The maximum Gasteiger partial charge on any atom is 0.137 e. The van der Waals surface area contributed by atoms with Crippen molar-refractivity contribution in [1.82, 2.24) is 0 Å². The van der Waals surface area contributed by atoms with Crippen LogP contribution >= 0.6 is 11.8 Å². The van der Waals surface area contributed by atoms with Gasteiger partial charge in [0, 0.05) is 11.3 Å². The Bertz CT molecular complexity index is 434. The summed E-state index contributed by atoms with van der Waals surface area (Å²) in [5, 5.41) is 10.5. The fourth-order valence-electron chi connectivity index (χ4n) is 1.45. The van der Waals surface area contributed by atoms with Gasteiger partial charge in [0.15, 0.2) is 0 Å². The molecule has 0 radical (unpaired) electrons. The van der Waals surface area contributed by atoms with Crippen molar-refractivity contribution in [3.63, 3.8) is 0 Å². The SMILES string of the molecule is CCSCc1coc2cccc(O)c12. The van der Waals surface area contributed by atoms with Gasteiger partial charge in [-0.05, 0) is 17.9 Å². The van der Waals surface area contributed by atoms with Crippen LogP contribution in [0.15, 0.2) is 28.9 Å². The number of hydrogen-bond acceptors (Lipinski definition) is 3. The van der Waals surface area contributed by atoms with Gasteiger partial charge in [-0.25, -0.2) is 0 Å². The van der Waals surface area contributed by atoms with Crippen molar-refractivity contribution in [2.45, 2.75) is 12.7 Å². The molecule has 14 heavy (non-hydrogen) atoms. The van der Waals surface area contributed by atoms with Crippen LogP contribution in [0, 0.1) is 0 Å². The van der Waals surface area contributed by atoms with Crippen LogP contribution in [-0.2, 0) is 5.75 Å². The van der Waals surface area contributed by atoms with Crippen LogP contribution in [0.4, 0.5) is 0 Å². The quantitative estimate of drug-likeness (QED) is 0.839. The first-order valence-corrected chi connectivity index (χ1v) is 5.74. The van der Waals surface area contributed by atoms with E-state index in [-0.39, 0.29) is 0 Å². The van der Waals surface area contributed by atoms with Gasteiger partial charge < -0.3 is 9.52 Å². The van der Waals surface area contributed by atoms with Crippen LogP contribution in [0.1, 0.15) is 12.5 Å². The molecule has 1 aromatic carbocycles. The molecular weight excluding hydrogens is 196 g/mol. The Kier molecular flexibility index (Phi) is 2.68. The van der Waals surface area contributed by atoms with Crippen LogP contribution in [0.25, 0.3) is 11.0 Å². The fourth-order valence-corrected chi connectivity index (χ4v) is 2.09. The molecule has 0 saturated heterocycles. The average molecular weight is 208 g/mol. The highest BCUT2D eigenvalue weighted by Crippen LogP contribution is 2.31. The first kappa shape index (κ1) is 9.46. The van der Waals surface area contributed by atoms with Crippen LogP contribution < -0.4 is 0 Å². The number of hydrogen-bond donors (Lipinski definition) is 1. The first-order chi connectivity index (χ1) is 6.83. The van der Waals surface area contributed by atoms with Crippen LogP contribution in [0.3, 0.4) is 0 Å². The topological polar surface area (TPSA) is 33.4 Å². The van der Waals surface area contributed by atoms with Gasteiger partial charge in [0.2, 0.25) is 0 Å². The Hall–Kier alpha value is -1.09. The molecule has 2 nitrogen and oxygen atoms in total. The molecule has 0 aliphatic carbocycles.